The average molecular weight is 500 g/mol. The number of hydrogen-bond acceptors (Lipinski definition) is 4. The number of furan rings is 1. The minimum absolute atomic E-state index is 0. The molecule has 1 aromatic heterocycles. The number of benzene rings is 1. The summed E-state index contributed by atoms with van der Waals surface area (Å²) in [4.78, 5) is 6.79. The Morgan fingerprint density at radius 2 is 1.89 bits per heavy atom. The van der Waals surface area contributed by atoms with Gasteiger partial charge in [0.25, 0.3) is 0 Å². The summed E-state index contributed by atoms with van der Waals surface area (Å²) < 4.78 is 5.56. The fraction of sp³-hybridized carbons (Fsp3) is 0.476. The number of halogens is 1. The van der Waals surface area contributed by atoms with Crippen LogP contribution < -0.4 is 10.6 Å². The van der Waals surface area contributed by atoms with Crippen LogP contribution in [-0.4, -0.2) is 43.2 Å². The van der Waals surface area contributed by atoms with Crippen molar-refractivity contribution in [3.05, 3.63) is 59.0 Å². The van der Waals surface area contributed by atoms with Crippen LogP contribution >= 0.6 is 24.0 Å². The van der Waals surface area contributed by atoms with Crippen molar-refractivity contribution in [3.8, 4) is 0 Å². The van der Waals surface area contributed by atoms with Gasteiger partial charge in [0.1, 0.15) is 17.1 Å². The first-order valence-electron chi connectivity index (χ1n) is 9.34. The molecule has 2 rings (SSSR count). The van der Waals surface area contributed by atoms with E-state index in [0.717, 1.165) is 24.4 Å². The predicted octanol–water partition coefficient (Wildman–Crippen LogP) is 3.23. The fourth-order valence-electron chi connectivity index (χ4n) is 2.77. The lowest BCUT2D eigenvalue weighted by atomic mass is 10.0. The quantitative estimate of drug-likeness (QED) is 0.295. The largest absolute Gasteiger partial charge is 0.463 e. The highest BCUT2D eigenvalue weighted by Gasteiger charge is 2.27. The van der Waals surface area contributed by atoms with Gasteiger partial charge in [-0.25, -0.2) is 4.99 Å². The topological polar surface area (TPSA) is 73.0 Å². The van der Waals surface area contributed by atoms with Crippen LogP contribution in [0.15, 0.2) is 45.8 Å². The van der Waals surface area contributed by atoms with Gasteiger partial charge in [0.15, 0.2) is 5.96 Å². The average Bonchev–Trinajstić information content (AvgIpc) is 3.04. The molecule has 0 aliphatic carbocycles. The molecule has 1 atom stereocenters. The Bertz CT molecular complexity index is 756. The molecule has 1 heterocycles. The van der Waals surface area contributed by atoms with Crippen molar-refractivity contribution in [3.63, 3.8) is 0 Å². The maximum Gasteiger partial charge on any atom is 0.191 e. The summed E-state index contributed by atoms with van der Waals surface area (Å²) in [6.07, 6.45) is 0. The molecular weight excluding hydrogens is 467 g/mol. The summed E-state index contributed by atoms with van der Waals surface area (Å²) in [7, 11) is 4.12. The molecule has 0 aliphatic heterocycles. The minimum Gasteiger partial charge on any atom is -0.463 e. The Hall–Kier alpha value is -1.58. The van der Waals surface area contributed by atoms with Gasteiger partial charge in [0, 0.05) is 13.1 Å². The lowest BCUT2D eigenvalue weighted by Crippen LogP contribution is -2.44. The van der Waals surface area contributed by atoms with Crippen LogP contribution in [0.2, 0.25) is 0 Å². The normalized spacial score (nSPS) is 13.8. The number of aryl methyl sites for hydroxylation is 1. The predicted molar refractivity (Wildman–Crippen MR) is 125 cm³/mol. The Labute approximate surface area is 185 Å². The number of hydrogen-bond donors (Lipinski definition) is 3. The van der Waals surface area contributed by atoms with Crippen molar-refractivity contribution in [1.29, 1.82) is 0 Å². The van der Waals surface area contributed by atoms with Crippen molar-refractivity contribution >= 4 is 29.9 Å². The van der Waals surface area contributed by atoms with Gasteiger partial charge in [-0.1, -0.05) is 24.3 Å². The standard InChI is InChI=1S/C21H32N4O2.HI/c1-6-22-20(24-15-21(3,26)19-11-10-16(2)27-19)23-13-17-8-7-9-18(12-17)14-25(4)5;/h7-12,26H,6,13-15H2,1-5H3,(H2,22,23,24);1H. The molecular formula is C21H33IN4O2. The highest BCUT2D eigenvalue weighted by atomic mass is 127. The molecule has 0 saturated carbocycles. The third-order valence-electron chi connectivity index (χ3n) is 4.13. The molecule has 1 aromatic carbocycles. The number of rotatable bonds is 8. The number of guanidine groups is 1. The molecule has 0 bridgehead atoms. The second-order valence-corrected chi connectivity index (χ2v) is 7.29. The maximum atomic E-state index is 10.7. The van der Waals surface area contributed by atoms with E-state index in [1.807, 2.05) is 19.9 Å². The molecule has 28 heavy (non-hydrogen) atoms. The molecule has 7 heteroatoms. The van der Waals surface area contributed by atoms with E-state index in [1.54, 1.807) is 13.0 Å². The van der Waals surface area contributed by atoms with E-state index in [0.29, 0.717) is 24.8 Å². The molecule has 6 nitrogen and oxygen atoms in total. The Morgan fingerprint density at radius 1 is 1.18 bits per heavy atom. The van der Waals surface area contributed by atoms with Gasteiger partial charge in [-0.3, -0.25) is 0 Å². The molecule has 156 valence electrons. The van der Waals surface area contributed by atoms with Crippen LogP contribution in [0.1, 0.15) is 36.5 Å². The smallest absolute Gasteiger partial charge is 0.191 e. The van der Waals surface area contributed by atoms with E-state index in [1.165, 1.54) is 5.56 Å². The minimum atomic E-state index is -1.12. The third kappa shape index (κ3) is 7.81. The van der Waals surface area contributed by atoms with Crippen LogP contribution in [-0.2, 0) is 18.7 Å². The summed E-state index contributed by atoms with van der Waals surface area (Å²) in [6, 6.07) is 12.1. The highest BCUT2D eigenvalue weighted by Crippen LogP contribution is 2.21. The maximum absolute atomic E-state index is 10.7. The van der Waals surface area contributed by atoms with Crippen LogP contribution in [0.4, 0.5) is 0 Å². The number of aliphatic imine (C=N–C) groups is 1. The van der Waals surface area contributed by atoms with Gasteiger partial charge in [0.2, 0.25) is 0 Å². The lowest BCUT2D eigenvalue weighted by molar-refractivity contribution is 0.0378. The third-order valence-corrected chi connectivity index (χ3v) is 4.13. The second-order valence-electron chi connectivity index (χ2n) is 7.29. The highest BCUT2D eigenvalue weighted by molar-refractivity contribution is 14.0. The van der Waals surface area contributed by atoms with Gasteiger partial charge >= 0.3 is 0 Å². The van der Waals surface area contributed by atoms with Crippen LogP contribution in [0.3, 0.4) is 0 Å². The van der Waals surface area contributed by atoms with Crippen LogP contribution in [0, 0.1) is 6.92 Å². The Balaban J connectivity index is 0.00000392. The van der Waals surface area contributed by atoms with Gasteiger partial charge < -0.3 is 25.1 Å². The van der Waals surface area contributed by atoms with Crippen molar-refractivity contribution < 1.29 is 9.52 Å². The Kier molecular flexibility index (Phi) is 9.98. The summed E-state index contributed by atoms with van der Waals surface area (Å²) in [6.45, 7) is 8.12. The SMILES string of the molecule is CCNC(=NCc1cccc(CN(C)C)c1)NCC(C)(O)c1ccc(C)o1.I. The Morgan fingerprint density at radius 3 is 2.50 bits per heavy atom. The van der Waals surface area contributed by atoms with Crippen molar-refractivity contribution in [2.75, 3.05) is 27.2 Å². The second kappa shape index (κ2) is 11.4. The zero-order valence-electron chi connectivity index (χ0n) is 17.5. The number of nitrogens with zero attached hydrogens (tertiary/aromatic N) is 2. The molecule has 3 N–H and O–H groups in total. The van der Waals surface area contributed by atoms with E-state index < -0.39 is 5.60 Å². The van der Waals surface area contributed by atoms with Gasteiger partial charge in [0.05, 0.1) is 13.1 Å². The van der Waals surface area contributed by atoms with Gasteiger partial charge in [-0.15, -0.1) is 24.0 Å². The number of nitrogens with one attached hydrogen (secondary N) is 2. The van der Waals surface area contributed by atoms with Crippen molar-refractivity contribution in [2.45, 2.75) is 39.5 Å². The van der Waals surface area contributed by atoms with Gasteiger partial charge in [-0.05, 0) is 58.1 Å². The molecule has 0 radical (unpaired) electrons. The molecule has 2 aromatic rings. The van der Waals surface area contributed by atoms with Crippen molar-refractivity contribution in [1.82, 2.24) is 15.5 Å². The van der Waals surface area contributed by atoms with E-state index in [2.05, 4.69) is 58.9 Å². The number of aliphatic hydroxyl groups is 1. The summed E-state index contributed by atoms with van der Waals surface area (Å²) in [5.41, 5.74) is 1.30. The first kappa shape index (κ1) is 24.5. The summed E-state index contributed by atoms with van der Waals surface area (Å²) in [5.74, 6) is 1.99. The van der Waals surface area contributed by atoms with Crippen LogP contribution in [0.5, 0.6) is 0 Å². The first-order chi connectivity index (χ1) is 12.8. The molecule has 1 unspecified atom stereocenters. The van der Waals surface area contributed by atoms with Gasteiger partial charge in [-0.2, -0.15) is 0 Å². The van der Waals surface area contributed by atoms with E-state index in [-0.39, 0.29) is 24.0 Å². The molecule has 0 saturated heterocycles. The molecule has 0 spiro atoms. The van der Waals surface area contributed by atoms with E-state index in [9.17, 15) is 5.11 Å². The van der Waals surface area contributed by atoms with E-state index in [4.69, 9.17) is 4.42 Å². The van der Waals surface area contributed by atoms with E-state index >= 15 is 0 Å². The molecule has 0 fully saturated rings. The van der Waals surface area contributed by atoms with Crippen molar-refractivity contribution in [2.24, 2.45) is 4.99 Å². The molecule has 0 amide bonds. The lowest BCUT2D eigenvalue weighted by Gasteiger charge is -2.22. The fourth-order valence-corrected chi connectivity index (χ4v) is 2.77. The monoisotopic (exact) mass is 500 g/mol. The summed E-state index contributed by atoms with van der Waals surface area (Å²) in [5, 5.41) is 17.1. The molecule has 0 aliphatic rings. The first-order valence-corrected chi connectivity index (χ1v) is 9.34. The zero-order valence-corrected chi connectivity index (χ0v) is 19.8. The zero-order chi connectivity index (χ0) is 19.9. The van der Waals surface area contributed by atoms with Crippen LogP contribution in [0.25, 0.3) is 0 Å². The summed E-state index contributed by atoms with van der Waals surface area (Å²) >= 11 is 0.